The molecule has 0 radical (unpaired) electrons. The summed E-state index contributed by atoms with van der Waals surface area (Å²) in [6.45, 7) is 5.52. The summed E-state index contributed by atoms with van der Waals surface area (Å²) in [5.74, 6) is 0.587. The minimum Gasteiger partial charge on any atom is -0.493 e. The molecule has 3 aromatic carbocycles. The average molecular weight is 463 g/mol. The van der Waals surface area contributed by atoms with Crippen molar-refractivity contribution in [3.05, 3.63) is 101 Å². The maximum Gasteiger partial charge on any atom is 0.123 e. The van der Waals surface area contributed by atoms with E-state index in [4.69, 9.17) is 4.74 Å². The van der Waals surface area contributed by atoms with Crippen LogP contribution in [0.15, 0.2) is 66.7 Å². The molecule has 3 nitrogen and oxygen atoms in total. The number of hydrogen-bond donors (Lipinski definition) is 0. The van der Waals surface area contributed by atoms with E-state index in [9.17, 15) is 8.78 Å². The van der Waals surface area contributed by atoms with E-state index < -0.39 is 0 Å². The van der Waals surface area contributed by atoms with Gasteiger partial charge in [0.2, 0.25) is 0 Å². The van der Waals surface area contributed by atoms with Crippen LogP contribution in [0.4, 0.5) is 8.78 Å². The van der Waals surface area contributed by atoms with Crippen molar-refractivity contribution in [2.45, 2.75) is 31.7 Å². The highest BCUT2D eigenvalue weighted by molar-refractivity contribution is 5.43. The summed E-state index contributed by atoms with van der Waals surface area (Å²) >= 11 is 0. The number of hydrogen-bond acceptors (Lipinski definition) is 3. The van der Waals surface area contributed by atoms with Gasteiger partial charge in [0, 0.05) is 32.7 Å². The van der Waals surface area contributed by atoms with Crippen LogP contribution < -0.4 is 4.74 Å². The second kappa shape index (κ2) is 10.7. The molecule has 0 aromatic heterocycles. The Kier molecular flexibility index (Phi) is 7.21. The number of aryl methyl sites for hydroxylation is 1. The summed E-state index contributed by atoms with van der Waals surface area (Å²) in [5.41, 5.74) is 4.92. The molecular weight excluding hydrogens is 430 g/mol. The van der Waals surface area contributed by atoms with E-state index >= 15 is 0 Å². The molecule has 1 aliphatic heterocycles. The summed E-state index contributed by atoms with van der Waals surface area (Å²) in [6.07, 6.45) is 4.55. The third kappa shape index (κ3) is 5.31. The summed E-state index contributed by atoms with van der Waals surface area (Å²) in [5, 5.41) is 0. The van der Waals surface area contributed by atoms with E-state index in [1.54, 1.807) is 0 Å². The van der Waals surface area contributed by atoms with Crippen LogP contribution in [0.2, 0.25) is 0 Å². The molecule has 0 bridgehead atoms. The van der Waals surface area contributed by atoms with Crippen molar-refractivity contribution in [1.82, 2.24) is 9.80 Å². The Morgan fingerprint density at radius 2 is 1.41 bits per heavy atom. The second-order valence-electron chi connectivity index (χ2n) is 9.33. The molecule has 1 aliphatic carbocycles. The Morgan fingerprint density at radius 3 is 2.06 bits per heavy atom. The van der Waals surface area contributed by atoms with Crippen LogP contribution in [0.3, 0.4) is 0 Å². The van der Waals surface area contributed by atoms with E-state index in [1.165, 1.54) is 48.2 Å². The Hall–Kier alpha value is -2.76. The molecule has 1 fully saturated rings. The van der Waals surface area contributed by atoms with E-state index in [-0.39, 0.29) is 17.7 Å². The van der Waals surface area contributed by atoms with Gasteiger partial charge in [0.05, 0.1) is 12.6 Å². The molecule has 0 N–H and O–H groups in total. The van der Waals surface area contributed by atoms with Gasteiger partial charge >= 0.3 is 0 Å². The Labute approximate surface area is 201 Å². The van der Waals surface area contributed by atoms with Gasteiger partial charge in [0.15, 0.2) is 0 Å². The van der Waals surface area contributed by atoms with Crippen LogP contribution in [0.1, 0.15) is 41.1 Å². The van der Waals surface area contributed by atoms with Gasteiger partial charge in [0.1, 0.15) is 17.4 Å². The lowest BCUT2D eigenvalue weighted by Gasteiger charge is -2.39. The van der Waals surface area contributed by atoms with Crippen LogP contribution in [0, 0.1) is 11.6 Å². The average Bonchev–Trinajstić information content (AvgIpc) is 3.35. The molecular formula is C29H32F2N2O. The van der Waals surface area contributed by atoms with Crippen molar-refractivity contribution >= 4 is 0 Å². The number of benzene rings is 3. The maximum atomic E-state index is 13.5. The number of halogens is 2. The fourth-order valence-electron chi connectivity index (χ4n) is 5.34. The number of nitrogens with zero attached hydrogens (tertiary/aromatic N) is 2. The van der Waals surface area contributed by atoms with E-state index in [2.05, 4.69) is 28.0 Å². The lowest BCUT2D eigenvalue weighted by atomic mass is 9.96. The molecule has 1 heterocycles. The minimum atomic E-state index is -0.242. The van der Waals surface area contributed by atoms with Crippen molar-refractivity contribution < 1.29 is 13.5 Å². The van der Waals surface area contributed by atoms with Gasteiger partial charge in [-0.15, -0.1) is 0 Å². The van der Waals surface area contributed by atoms with Crippen LogP contribution in [-0.4, -0.2) is 49.1 Å². The molecule has 5 heteroatoms. The number of fused-ring (bicyclic) bond motifs is 1. The fraction of sp³-hybridized carbons (Fsp3) is 0.379. The third-order valence-electron chi connectivity index (χ3n) is 7.12. The predicted molar refractivity (Wildman–Crippen MR) is 131 cm³/mol. The molecule has 2 aliphatic rings. The van der Waals surface area contributed by atoms with Crippen LogP contribution in [0.25, 0.3) is 0 Å². The molecule has 3 aromatic rings. The van der Waals surface area contributed by atoms with Crippen LogP contribution >= 0.6 is 0 Å². The van der Waals surface area contributed by atoms with Crippen molar-refractivity contribution in [1.29, 1.82) is 0 Å². The quantitative estimate of drug-likeness (QED) is 0.404. The van der Waals surface area contributed by atoms with E-state index in [1.807, 2.05) is 24.3 Å². The molecule has 1 saturated heterocycles. The second-order valence-corrected chi connectivity index (χ2v) is 9.33. The largest absolute Gasteiger partial charge is 0.493 e. The number of ether oxygens (including phenoxy) is 1. The zero-order chi connectivity index (χ0) is 23.3. The molecule has 0 unspecified atom stereocenters. The highest BCUT2D eigenvalue weighted by atomic mass is 19.1. The molecule has 178 valence electrons. The van der Waals surface area contributed by atoms with Crippen molar-refractivity contribution in [3.63, 3.8) is 0 Å². The summed E-state index contributed by atoms with van der Waals surface area (Å²) in [7, 11) is 0. The minimum absolute atomic E-state index is 0.00754. The van der Waals surface area contributed by atoms with Gasteiger partial charge in [0.25, 0.3) is 0 Å². The van der Waals surface area contributed by atoms with Crippen molar-refractivity contribution in [2.75, 3.05) is 39.3 Å². The molecule has 0 saturated carbocycles. The van der Waals surface area contributed by atoms with Gasteiger partial charge in [-0.3, -0.25) is 4.90 Å². The SMILES string of the molecule is Fc1ccc(C(c2ccc(F)cc2)N2CCN(CCCOc3cccc4c3CCC4)CC2)cc1. The Morgan fingerprint density at radius 1 is 0.765 bits per heavy atom. The Balaban J connectivity index is 1.15. The highest BCUT2D eigenvalue weighted by Gasteiger charge is 2.26. The zero-order valence-corrected chi connectivity index (χ0v) is 19.6. The lowest BCUT2D eigenvalue weighted by molar-refractivity contribution is 0.105. The smallest absolute Gasteiger partial charge is 0.123 e. The third-order valence-corrected chi connectivity index (χ3v) is 7.12. The predicted octanol–water partition coefficient (Wildman–Crippen LogP) is 5.63. The molecule has 0 atom stereocenters. The first-order valence-electron chi connectivity index (χ1n) is 12.4. The zero-order valence-electron chi connectivity index (χ0n) is 19.6. The number of piperazine rings is 1. The number of rotatable bonds is 8. The first kappa shape index (κ1) is 23.0. The lowest BCUT2D eigenvalue weighted by Crippen LogP contribution is -2.48. The Bertz CT molecular complexity index is 1030. The van der Waals surface area contributed by atoms with Gasteiger partial charge < -0.3 is 9.64 Å². The van der Waals surface area contributed by atoms with Crippen LogP contribution in [-0.2, 0) is 12.8 Å². The van der Waals surface area contributed by atoms with Crippen LogP contribution in [0.5, 0.6) is 5.75 Å². The first-order valence-corrected chi connectivity index (χ1v) is 12.4. The van der Waals surface area contributed by atoms with Gasteiger partial charge in [-0.1, -0.05) is 36.4 Å². The molecule has 0 spiro atoms. The van der Waals surface area contributed by atoms with Crippen molar-refractivity contribution in [2.24, 2.45) is 0 Å². The van der Waals surface area contributed by atoms with Crippen molar-refractivity contribution in [3.8, 4) is 5.75 Å². The monoisotopic (exact) mass is 462 g/mol. The normalized spacial score (nSPS) is 16.7. The molecule has 5 rings (SSSR count). The molecule has 0 amide bonds. The van der Waals surface area contributed by atoms with Gasteiger partial charge in [-0.05, 0) is 78.3 Å². The van der Waals surface area contributed by atoms with Gasteiger partial charge in [-0.25, -0.2) is 8.78 Å². The summed E-state index contributed by atoms with van der Waals surface area (Å²) in [4.78, 5) is 4.91. The van der Waals surface area contributed by atoms with E-state index in [0.29, 0.717) is 0 Å². The highest BCUT2D eigenvalue weighted by Crippen LogP contribution is 2.31. The summed E-state index contributed by atoms with van der Waals surface area (Å²) in [6, 6.07) is 19.8. The molecule has 34 heavy (non-hydrogen) atoms. The topological polar surface area (TPSA) is 15.7 Å². The van der Waals surface area contributed by atoms with E-state index in [0.717, 1.165) is 69.0 Å². The standard InChI is InChI=1S/C29H32F2N2O/c30-25-12-8-23(9-13-25)29(24-10-14-26(31)15-11-24)33-19-17-32(18-20-33)16-3-21-34-28-7-2-5-22-4-1-6-27(22)28/h2,5,7-15,29H,1,3-4,6,16-21H2. The first-order chi connectivity index (χ1) is 16.7. The van der Waals surface area contributed by atoms with Gasteiger partial charge in [-0.2, -0.15) is 0 Å². The maximum absolute atomic E-state index is 13.5. The fourth-order valence-corrected chi connectivity index (χ4v) is 5.34. The summed E-state index contributed by atoms with van der Waals surface area (Å²) < 4.78 is 33.2.